The minimum Gasteiger partial charge on any atom is -0.395 e. The maximum Gasteiger partial charge on any atom is 0.0525 e. The molecule has 1 aromatic rings. The van der Waals surface area contributed by atoms with Crippen molar-refractivity contribution in [2.24, 2.45) is 0 Å². The maximum absolute atomic E-state index is 9.59. The summed E-state index contributed by atoms with van der Waals surface area (Å²) in [6, 6.07) is 10.3. The van der Waals surface area contributed by atoms with Crippen LogP contribution in [-0.2, 0) is 5.41 Å². The Morgan fingerprint density at radius 2 is 1.81 bits per heavy atom. The highest BCUT2D eigenvalue weighted by molar-refractivity contribution is 9.09. The highest BCUT2D eigenvalue weighted by atomic mass is 79.9. The fraction of sp³-hybridized carbons (Fsp3) is 0.571. The molecule has 1 atom stereocenters. The summed E-state index contributed by atoms with van der Waals surface area (Å²) in [5, 5.41) is 10.7. The van der Waals surface area contributed by atoms with Gasteiger partial charge in [-0.2, -0.15) is 0 Å². The Hall–Kier alpha value is -0.340. The summed E-state index contributed by atoms with van der Waals surface area (Å²) in [5.41, 5.74) is 1.17. The standard InChI is InChI=1S/C14H21BrO/c1-14(12-16,10-6-3-7-11-15)13-8-4-2-5-9-13/h2,4-5,8-9,16H,3,6-7,10-12H2,1H3/t14-/m0/s1. The minimum absolute atomic E-state index is 0.0758. The summed E-state index contributed by atoms with van der Waals surface area (Å²) in [4.78, 5) is 0. The molecule has 16 heavy (non-hydrogen) atoms. The van der Waals surface area contributed by atoms with E-state index in [0.29, 0.717) is 0 Å². The molecule has 0 amide bonds. The average molecular weight is 285 g/mol. The van der Waals surface area contributed by atoms with Crippen LogP contribution in [0.3, 0.4) is 0 Å². The molecule has 1 N–H and O–H groups in total. The lowest BCUT2D eigenvalue weighted by Crippen LogP contribution is -2.26. The Morgan fingerprint density at radius 1 is 1.12 bits per heavy atom. The fourth-order valence-electron chi connectivity index (χ4n) is 1.94. The minimum atomic E-state index is -0.0758. The molecule has 0 aromatic heterocycles. The molecule has 0 saturated carbocycles. The number of hydrogen-bond donors (Lipinski definition) is 1. The summed E-state index contributed by atoms with van der Waals surface area (Å²) in [6.07, 6.45) is 4.68. The Morgan fingerprint density at radius 3 is 2.38 bits per heavy atom. The lowest BCUT2D eigenvalue weighted by Gasteiger charge is -2.28. The molecule has 0 aliphatic heterocycles. The van der Waals surface area contributed by atoms with Gasteiger partial charge in [0.15, 0.2) is 0 Å². The molecule has 1 nitrogen and oxygen atoms in total. The first-order valence-corrected chi connectivity index (χ1v) is 7.07. The maximum atomic E-state index is 9.59. The van der Waals surface area contributed by atoms with Crippen LogP contribution < -0.4 is 0 Å². The van der Waals surface area contributed by atoms with Gasteiger partial charge in [0, 0.05) is 10.7 Å². The highest BCUT2D eigenvalue weighted by Gasteiger charge is 2.24. The van der Waals surface area contributed by atoms with Gasteiger partial charge in [-0.1, -0.05) is 66.0 Å². The number of hydrogen-bond acceptors (Lipinski definition) is 1. The second-order valence-electron chi connectivity index (χ2n) is 4.58. The Kier molecular flexibility index (Phi) is 6.07. The quantitative estimate of drug-likeness (QED) is 0.595. The van der Waals surface area contributed by atoms with Crippen LogP contribution in [0.5, 0.6) is 0 Å². The number of halogens is 1. The topological polar surface area (TPSA) is 20.2 Å². The number of unbranched alkanes of at least 4 members (excludes halogenated alkanes) is 2. The molecule has 0 spiro atoms. The van der Waals surface area contributed by atoms with Gasteiger partial charge in [0.1, 0.15) is 0 Å². The van der Waals surface area contributed by atoms with Crippen LogP contribution in [-0.4, -0.2) is 17.0 Å². The monoisotopic (exact) mass is 284 g/mol. The molecule has 0 fully saturated rings. The number of benzene rings is 1. The van der Waals surface area contributed by atoms with Crippen LogP contribution in [0.1, 0.15) is 38.2 Å². The van der Waals surface area contributed by atoms with E-state index in [-0.39, 0.29) is 12.0 Å². The average Bonchev–Trinajstić information content (AvgIpc) is 2.35. The smallest absolute Gasteiger partial charge is 0.0525 e. The zero-order chi connectivity index (χ0) is 11.9. The third-order valence-electron chi connectivity index (χ3n) is 3.18. The summed E-state index contributed by atoms with van der Waals surface area (Å²) >= 11 is 3.44. The molecule has 0 bridgehead atoms. The molecular weight excluding hydrogens is 264 g/mol. The van der Waals surface area contributed by atoms with Gasteiger partial charge in [0.05, 0.1) is 6.61 Å². The van der Waals surface area contributed by atoms with E-state index in [4.69, 9.17) is 0 Å². The predicted octanol–water partition coefficient (Wildman–Crippen LogP) is 3.89. The van der Waals surface area contributed by atoms with Crippen LogP contribution in [0.2, 0.25) is 0 Å². The molecule has 0 unspecified atom stereocenters. The van der Waals surface area contributed by atoms with Gasteiger partial charge in [-0.15, -0.1) is 0 Å². The molecule has 2 heteroatoms. The molecule has 0 radical (unpaired) electrons. The molecule has 0 saturated heterocycles. The van der Waals surface area contributed by atoms with Gasteiger partial charge >= 0.3 is 0 Å². The van der Waals surface area contributed by atoms with E-state index in [1.165, 1.54) is 24.8 Å². The van der Waals surface area contributed by atoms with Crippen molar-refractivity contribution >= 4 is 15.9 Å². The molecule has 1 aromatic carbocycles. The van der Waals surface area contributed by atoms with Crippen LogP contribution in [0.15, 0.2) is 30.3 Å². The van der Waals surface area contributed by atoms with Crippen LogP contribution >= 0.6 is 15.9 Å². The third kappa shape index (κ3) is 3.91. The fourth-order valence-corrected chi connectivity index (χ4v) is 2.34. The summed E-state index contributed by atoms with van der Waals surface area (Å²) in [6.45, 7) is 2.38. The van der Waals surface area contributed by atoms with Crippen molar-refractivity contribution in [3.8, 4) is 0 Å². The van der Waals surface area contributed by atoms with Gasteiger partial charge in [-0.25, -0.2) is 0 Å². The van der Waals surface area contributed by atoms with Crippen LogP contribution in [0.4, 0.5) is 0 Å². The van der Waals surface area contributed by atoms with Crippen LogP contribution in [0.25, 0.3) is 0 Å². The van der Waals surface area contributed by atoms with Crippen LogP contribution in [0, 0.1) is 0 Å². The highest BCUT2D eigenvalue weighted by Crippen LogP contribution is 2.29. The third-order valence-corrected chi connectivity index (χ3v) is 3.74. The first-order chi connectivity index (χ1) is 7.73. The number of aliphatic hydroxyl groups is 1. The van der Waals surface area contributed by atoms with E-state index in [1.54, 1.807) is 0 Å². The van der Waals surface area contributed by atoms with Crippen molar-refractivity contribution in [3.63, 3.8) is 0 Å². The number of aliphatic hydroxyl groups excluding tert-OH is 1. The summed E-state index contributed by atoms with van der Waals surface area (Å²) in [7, 11) is 0. The summed E-state index contributed by atoms with van der Waals surface area (Å²) < 4.78 is 0. The van der Waals surface area contributed by atoms with Gasteiger partial charge in [0.2, 0.25) is 0 Å². The normalized spacial score (nSPS) is 14.7. The molecule has 0 aliphatic carbocycles. The number of rotatable bonds is 7. The Labute approximate surface area is 107 Å². The summed E-state index contributed by atoms with van der Waals surface area (Å²) in [5.74, 6) is 0. The lowest BCUT2D eigenvalue weighted by molar-refractivity contribution is 0.193. The Bertz CT molecular complexity index is 286. The van der Waals surface area contributed by atoms with Crippen molar-refractivity contribution in [3.05, 3.63) is 35.9 Å². The van der Waals surface area contributed by atoms with Crippen molar-refractivity contribution in [1.29, 1.82) is 0 Å². The van der Waals surface area contributed by atoms with Gasteiger partial charge in [-0.3, -0.25) is 0 Å². The van der Waals surface area contributed by atoms with Crippen molar-refractivity contribution in [2.75, 3.05) is 11.9 Å². The molecule has 1 rings (SSSR count). The molecule has 90 valence electrons. The molecular formula is C14H21BrO. The predicted molar refractivity (Wildman–Crippen MR) is 73.1 cm³/mol. The van der Waals surface area contributed by atoms with Gasteiger partial charge in [-0.05, 0) is 18.4 Å². The Balaban J connectivity index is 2.56. The SMILES string of the molecule is C[C@@](CO)(CCCCCBr)c1ccccc1. The zero-order valence-corrected chi connectivity index (χ0v) is 11.5. The van der Waals surface area contributed by atoms with Crippen molar-refractivity contribution < 1.29 is 5.11 Å². The molecule has 0 aliphatic rings. The van der Waals surface area contributed by atoms with Gasteiger partial charge < -0.3 is 5.11 Å². The first kappa shape index (κ1) is 13.7. The first-order valence-electron chi connectivity index (χ1n) is 5.95. The second kappa shape index (κ2) is 7.08. The van der Waals surface area contributed by atoms with E-state index in [0.717, 1.165) is 11.8 Å². The largest absolute Gasteiger partial charge is 0.395 e. The van der Waals surface area contributed by atoms with Crippen molar-refractivity contribution in [2.45, 2.75) is 38.0 Å². The van der Waals surface area contributed by atoms with Crippen molar-refractivity contribution in [1.82, 2.24) is 0 Å². The zero-order valence-electron chi connectivity index (χ0n) is 9.95. The lowest BCUT2D eigenvalue weighted by atomic mass is 9.79. The molecule has 0 heterocycles. The van der Waals surface area contributed by atoms with E-state index in [1.807, 2.05) is 18.2 Å². The van der Waals surface area contributed by atoms with E-state index in [2.05, 4.69) is 35.0 Å². The van der Waals surface area contributed by atoms with Gasteiger partial charge in [0.25, 0.3) is 0 Å². The number of alkyl halides is 1. The van der Waals surface area contributed by atoms with E-state index in [9.17, 15) is 5.11 Å². The second-order valence-corrected chi connectivity index (χ2v) is 5.38. The van der Waals surface area contributed by atoms with E-state index < -0.39 is 0 Å². The van der Waals surface area contributed by atoms with E-state index >= 15 is 0 Å².